The van der Waals surface area contributed by atoms with Gasteiger partial charge in [0.05, 0.1) is 6.10 Å². The molecule has 0 aromatic heterocycles. The van der Waals surface area contributed by atoms with E-state index < -0.39 is 0 Å². The Morgan fingerprint density at radius 3 is 1.59 bits per heavy atom. The lowest BCUT2D eigenvalue weighted by molar-refractivity contribution is -0.0501. The highest BCUT2D eigenvalue weighted by atomic mass is 19.1. The van der Waals surface area contributed by atoms with E-state index in [1.807, 2.05) is 12.1 Å². The molecule has 2 saturated heterocycles. The normalized spacial score (nSPS) is 23.1. The second-order valence-corrected chi connectivity index (χ2v) is 8.90. The van der Waals surface area contributed by atoms with E-state index in [1.165, 1.54) is 36.4 Å². The van der Waals surface area contributed by atoms with Crippen LogP contribution in [-0.4, -0.2) is 23.1 Å². The predicted octanol–water partition coefficient (Wildman–Crippen LogP) is 6.41. The Morgan fingerprint density at radius 2 is 1.12 bits per heavy atom. The summed E-state index contributed by atoms with van der Waals surface area (Å²) in [5.74, 6) is -0.797. The Morgan fingerprint density at radius 1 is 0.688 bits per heavy atom. The fraction of sp³-hybridized carbons (Fsp3) is 0.333. The minimum Gasteiger partial charge on any atom is -0.365 e. The first-order valence-electron chi connectivity index (χ1n) is 11.2. The van der Waals surface area contributed by atoms with Crippen LogP contribution >= 0.6 is 0 Å². The first-order valence-corrected chi connectivity index (χ1v) is 11.2. The maximum Gasteiger partial charge on any atom is 0.123 e. The van der Waals surface area contributed by atoms with Gasteiger partial charge in [0.15, 0.2) is 0 Å². The molecule has 5 heteroatoms. The second kappa shape index (κ2) is 9.08. The first-order chi connectivity index (χ1) is 15.5. The Bertz CT molecular complexity index is 977. The van der Waals surface area contributed by atoms with Crippen LogP contribution in [-0.2, 0) is 11.3 Å². The molecule has 2 heterocycles. The smallest absolute Gasteiger partial charge is 0.123 e. The van der Waals surface area contributed by atoms with Gasteiger partial charge in [0.25, 0.3) is 0 Å². The molecular weight excluding hydrogens is 411 g/mol. The summed E-state index contributed by atoms with van der Waals surface area (Å²) in [4.78, 5) is 2.53. The summed E-state index contributed by atoms with van der Waals surface area (Å²) in [6, 6.07) is 20.3. The topological polar surface area (TPSA) is 12.5 Å². The van der Waals surface area contributed by atoms with E-state index in [2.05, 4.69) is 4.90 Å². The molecule has 2 nitrogen and oxygen atoms in total. The van der Waals surface area contributed by atoms with Crippen molar-refractivity contribution in [2.45, 2.75) is 56.5 Å². The standard InChI is InChI=1S/C27H26F3NO/c28-21-7-1-18(2-8-21)17-31-24-13-14-25(31)16-26(15-24)32-27(19-3-9-22(29)10-4-19)20-5-11-23(30)12-6-20/h1-12,24-27H,13-17H2/t24-,25+,26?. The van der Waals surface area contributed by atoms with Crippen molar-refractivity contribution < 1.29 is 17.9 Å². The molecule has 3 aromatic carbocycles. The number of hydrogen-bond acceptors (Lipinski definition) is 2. The Kier molecular flexibility index (Phi) is 6.03. The van der Waals surface area contributed by atoms with Gasteiger partial charge in [-0.3, -0.25) is 4.90 Å². The molecule has 1 unspecified atom stereocenters. The van der Waals surface area contributed by atoms with Crippen molar-refractivity contribution in [3.05, 3.63) is 107 Å². The van der Waals surface area contributed by atoms with Crippen molar-refractivity contribution in [3.63, 3.8) is 0 Å². The minimum absolute atomic E-state index is 0.0667. The molecule has 0 N–H and O–H groups in total. The maximum absolute atomic E-state index is 13.5. The quantitative estimate of drug-likeness (QED) is 0.442. The third-order valence-electron chi connectivity index (χ3n) is 6.79. The SMILES string of the molecule is Fc1ccc(CN2[C@@H]3CC[C@H]2CC(OC(c2ccc(F)cc2)c2ccc(F)cc2)C3)cc1. The molecule has 0 saturated carbocycles. The average molecular weight is 438 g/mol. The van der Waals surface area contributed by atoms with Crippen molar-refractivity contribution in [3.8, 4) is 0 Å². The van der Waals surface area contributed by atoms with Gasteiger partial charge in [-0.2, -0.15) is 0 Å². The Balaban J connectivity index is 1.32. The van der Waals surface area contributed by atoms with Crippen LogP contribution in [0.2, 0.25) is 0 Å². The second-order valence-electron chi connectivity index (χ2n) is 8.90. The number of hydrogen-bond donors (Lipinski definition) is 0. The van der Waals surface area contributed by atoms with Crippen LogP contribution in [0.25, 0.3) is 0 Å². The van der Waals surface area contributed by atoms with Crippen molar-refractivity contribution in [1.82, 2.24) is 4.90 Å². The Hall–Kier alpha value is -2.63. The van der Waals surface area contributed by atoms with E-state index in [9.17, 15) is 13.2 Å². The van der Waals surface area contributed by atoms with Crippen LogP contribution in [0.1, 0.15) is 48.5 Å². The molecule has 2 fully saturated rings. The van der Waals surface area contributed by atoms with E-state index >= 15 is 0 Å². The van der Waals surface area contributed by atoms with Crippen molar-refractivity contribution in [2.75, 3.05) is 0 Å². The average Bonchev–Trinajstić information content (AvgIpc) is 3.02. The zero-order valence-electron chi connectivity index (χ0n) is 17.8. The maximum atomic E-state index is 13.5. The lowest BCUT2D eigenvalue weighted by Gasteiger charge is -2.40. The van der Waals surface area contributed by atoms with Crippen molar-refractivity contribution in [2.24, 2.45) is 0 Å². The molecule has 166 valence electrons. The van der Waals surface area contributed by atoms with Crippen molar-refractivity contribution >= 4 is 0 Å². The summed E-state index contributed by atoms with van der Waals surface area (Å²) in [6.07, 6.45) is 3.78. The van der Waals surface area contributed by atoms with Crippen LogP contribution in [0.3, 0.4) is 0 Å². The lowest BCUT2D eigenvalue weighted by Crippen LogP contribution is -2.45. The summed E-state index contributed by atoms with van der Waals surface area (Å²) < 4.78 is 46.9. The number of rotatable bonds is 6. The molecule has 0 amide bonds. The van der Waals surface area contributed by atoms with Gasteiger partial charge in [-0.25, -0.2) is 13.2 Å². The van der Waals surface area contributed by atoms with Crippen LogP contribution in [0.15, 0.2) is 72.8 Å². The Labute approximate surface area is 186 Å². The van der Waals surface area contributed by atoms with Gasteiger partial charge in [-0.1, -0.05) is 36.4 Å². The molecule has 2 aliphatic rings. The van der Waals surface area contributed by atoms with Crippen LogP contribution in [0, 0.1) is 17.5 Å². The van der Waals surface area contributed by atoms with E-state index in [0.29, 0.717) is 12.1 Å². The number of piperidine rings is 1. The fourth-order valence-electron chi connectivity index (χ4n) is 5.21. The third kappa shape index (κ3) is 4.59. The van der Waals surface area contributed by atoms with Gasteiger partial charge in [0, 0.05) is 18.6 Å². The zero-order valence-corrected chi connectivity index (χ0v) is 17.8. The largest absolute Gasteiger partial charge is 0.365 e. The van der Waals surface area contributed by atoms with Crippen LogP contribution in [0.4, 0.5) is 13.2 Å². The molecule has 3 aromatic rings. The van der Waals surface area contributed by atoms with Gasteiger partial charge in [-0.15, -0.1) is 0 Å². The number of halogens is 3. The van der Waals surface area contributed by atoms with Crippen LogP contribution < -0.4 is 0 Å². The van der Waals surface area contributed by atoms with E-state index in [4.69, 9.17) is 4.74 Å². The number of ether oxygens (including phenoxy) is 1. The molecule has 2 aliphatic heterocycles. The minimum atomic E-state index is -0.371. The highest BCUT2D eigenvalue weighted by Crippen LogP contribution is 2.40. The van der Waals surface area contributed by atoms with Gasteiger partial charge in [0.2, 0.25) is 0 Å². The van der Waals surface area contributed by atoms with Gasteiger partial charge in [-0.05, 0) is 78.8 Å². The molecule has 3 atom stereocenters. The fourth-order valence-corrected chi connectivity index (χ4v) is 5.21. The zero-order chi connectivity index (χ0) is 22.1. The van der Waals surface area contributed by atoms with Crippen LogP contribution in [0.5, 0.6) is 0 Å². The van der Waals surface area contributed by atoms with E-state index in [1.54, 1.807) is 24.3 Å². The van der Waals surface area contributed by atoms with Crippen molar-refractivity contribution in [1.29, 1.82) is 0 Å². The summed E-state index contributed by atoms with van der Waals surface area (Å²) >= 11 is 0. The molecule has 0 aliphatic carbocycles. The molecule has 32 heavy (non-hydrogen) atoms. The summed E-state index contributed by atoms with van der Waals surface area (Å²) in [5, 5.41) is 0. The highest BCUT2D eigenvalue weighted by molar-refractivity contribution is 5.30. The summed E-state index contributed by atoms with van der Waals surface area (Å²) in [5.41, 5.74) is 2.84. The van der Waals surface area contributed by atoms with E-state index in [-0.39, 0.29) is 29.7 Å². The highest BCUT2D eigenvalue weighted by Gasteiger charge is 2.41. The van der Waals surface area contributed by atoms with Gasteiger partial charge < -0.3 is 4.74 Å². The summed E-state index contributed by atoms with van der Waals surface area (Å²) in [6.45, 7) is 0.821. The van der Waals surface area contributed by atoms with Gasteiger partial charge >= 0.3 is 0 Å². The predicted molar refractivity (Wildman–Crippen MR) is 118 cm³/mol. The molecule has 0 spiro atoms. The monoisotopic (exact) mass is 437 g/mol. The number of nitrogens with zero attached hydrogens (tertiary/aromatic N) is 1. The molecule has 0 radical (unpaired) electrons. The molecular formula is C27H26F3NO. The molecule has 5 rings (SSSR count). The van der Waals surface area contributed by atoms with E-state index in [0.717, 1.165) is 48.9 Å². The first kappa shape index (κ1) is 21.2. The third-order valence-corrected chi connectivity index (χ3v) is 6.79. The molecule has 2 bridgehead atoms. The summed E-state index contributed by atoms with van der Waals surface area (Å²) in [7, 11) is 0. The lowest BCUT2D eigenvalue weighted by atomic mass is 9.96. The number of fused-ring (bicyclic) bond motifs is 2. The number of benzene rings is 3. The van der Waals surface area contributed by atoms with Gasteiger partial charge in [0.1, 0.15) is 23.6 Å².